The minimum Gasteiger partial charge on any atom is -0.296 e. The zero-order valence-corrected chi connectivity index (χ0v) is 14.1. The van der Waals surface area contributed by atoms with Crippen molar-refractivity contribution in [2.24, 2.45) is 0 Å². The van der Waals surface area contributed by atoms with Gasteiger partial charge in [0.25, 0.3) is 0 Å². The highest BCUT2D eigenvalue weighted by atomic mass is 16.1. The largest absolute Gasteiger partial charge is 0.296 e. The second-order valence-corrected chi connectivity index (χ2v) is 6.44. The van der Waals surface area contributed by atoms with Crippen LogP contribution in [-0.2, 0) is 4.79 Å². The Kier molecular flexibility index (Phi) is 5.97. The van der Waals surface area contributed by atoms with Crippen LogP contribution in [-0.4, -0.2) is 23.8 Å². The quantitative estimate of drug-likeness (QED) is 0.707. The molecule has 0 bridgehead atoms. The molecule has 1 fully saturated rings. The Morgan fingerprint density at radius 2 is 1.54 bits per heavy atom. The maximum atomic E-state index is 12.5. The molecule has 1 saturated heterocycles. The lowest BCUT2D eigenvalue weighted by molar-refractivity contribution is -0.115. The maximum Gasteiger partial charge on any atom is 0.157 e. The Balaban J connectivity index is 1.71. The van der Waals surface area contributed by atoms with Gasteiger partial charge in [0.15, 0.2) is 5.78 Å². The minimum atomic E-state index is 0.193. The Bertz CT molecular complexity index is 657. The summed E-state index contributed by atoms with van der Waals surface area (Å²) in [6, 6.07) is 20.7. The third-order valence-corrected chi connectivity index (χ3v) is 4.67. The van der Waals surface area contributed by atoms with E-state index < -0.39 is 0 Å². The summed E-state index contributed by atoms with van der Waals surface area (Å²) in [7, 11) is 0. The number of carbonyl (C=O) groups excluding carboxylic acids is 1. The smallest absolute Gasteiger partial charge is 0.157 e. The van der Waals surface area contributed by atoms with E-state index in [2.05, 4.69) is 29.2 Å². The van der Waals surface area contributed by atoms with E-state index in [4.69, 9.17) is 0 Å². The molecule has 3 rings (SSSR count). The predicted molar refractivity (Wildman–Crippen MR) is 99.7 cm³/mol. The fourth-order valence-electron chi connectivity index (χ4n) is 3.37. The third-order valence-electron chi connectivity index (χ3n) is 4.67. The van der Waals surface area contributed by atoms with Crippen molar-refractivity contribution in [3.8, 4) is 0 Å². The number of benzene rings is 2. The summed E-state index contributed by atoms with van der Waals surface area (Å²) in [6.07, 6.45) is 7.97. The highest BCUT2D eigenvalue weighted by Crippen LogP contribution is 2.28. The fourth-order valence-corrected chi connectivity index (χ4v) is 3.37. The number of carbonyl (C=O) groups is 1. The molecule has 1 unspecified atom stereocenters. The molecular formula is C22H25NO. The van der Waals surface area contributed by atoms with Gasteiger partial charge < -0.3 is 0 Å². The van der Waals surface area contributed by atoms with Crippen LogP contribution in [0.3, 0.4) is 0 Å². The number of rotatable bonds is 6. The van der Waals surface area contributed by atoms with Crippen LogP contribution in [0.15, 0.2) is 66.7 Å². The van der Waals surface area contributed by atoms with Gasteiger partial charge in [0.2, 0.25) is 0 Å². The van der Waals surface area contributed by atoms with Gasteiger partial charge in [-0.05, 0) is 43.1 Å². The van der Waals surface area contributed by atoms with E-state index in [9.17, 15) is 4.79 Å². The minimum absolute atomic E-state index is 0.193. The average molecular weight is 319 g/mol. The summed E-state index contributed by atoms with van der Waals surface area (Å²) in [6.45, 7) is 2.19. The molecule has 0 aromatic heterocycles. The number of allylic oxidation sites excluding steroid dienone is 1. The number of likely N-dealkylation sites (tertiary alicyclic amines) is 1. The molecule has 2 aromatic rings. The Hall–Kier alpha value is -2.19. The van der Waals surface area contributed by atoms with Crippen LogP contribution in [0.2, 0.25) is 0 Å². The van der Waals surface area contributed by atoms with Crippen LogP contribution in [0.25, 0.3) is 6.08 Å². The number of ketones is 1. The van der Waals surface area contributed by atoms with Crippen molar-refractivity contribution in [3.63, 3.8) is 0 Å². The van der Waals surface area contributed by atoms with Crippen LogP contribution < -0.4 is 0 Å². The standard InChI is InChI=1S/C22H25NO/c24-21(15-14-19-10-4-1-5-11-19)18-22(20-12-6-2-7-13-20)23-16-8-3-9-17-23/h1-2,4-7,10-15,22H,3,8-9,16-18H2/b15-14+. The molecule has 24 heavy (non-hydrogen) atoms. The number of hydrogen-bond donors (Lipinski definition) is 0. The summed E-state index contributed by atoms with van der Waals surface area (Å²) in [5.74, 6) is 0.193. The first-order valence-corrected chi connectivity index (χ1v) is 8.88. The van der Waals surface area contributed by atoms with Gasteiger partial charge in [0.05, 0.1) is 0 Å². The first-order valence-electron chi connectivity index (χ1n) is 8.88. The predicted octanol–water partition coefficient (Wildman–Crippen LogP) is 4.89. The zero-order chi connectivity index (χ0) is 16.6. The van der Waals surface area contributed by atoms with E-state index in [-0.39, 0.29) is 11.8 Å². The second-order valence-electron chi connectivity index (χ2n) is 6.44. The van der Waals surface area contributed by atoms with Gasteiger partial charge in [-0.25, -0.2) is 0 Å². The lowest BCUT2D eigenvalue weighted by atomic mass is 9.97. The first-order chi connectivity index (χ1) is 11.8. The van der Waals surface area contributed by atoms with Crippen LogP contribution >= 0.6 is 0 Å². The molecule has 1 heterocycles. The highest BCUT2D eigenvalue weighted by Gasteiger charge is 2.23. The van der Waals surface area contributed by atoms with Gasteiger partial charge in [-0.1, -0.05) is 73.2 Å². The number of hydrogen-bond acceptors (Lipinski definition) is 2. The summed E-state index contributed by atoms with van der Waals surface area (Å²) < 4.78 is 0. The fraction of sp³-hybridized carbons (Fsp3) is 0.318. The summed E-state index contributed by atoms with van der Waals surface area (Å²) in [4.78, 5) is 15.0. The van der Waals surface area contributed by atoms with Gasteiger partial charge >= 0.3 is 0 Å². The molecule has 0 N–H and O–H groups in total. The van der Waals surface area contributed by atoms with Gasteiger partial charge in [-0.15, -0.1) is 0 Å². The maximum absolute atomic E-state index is 12.5. The molecule has 0 spiro atoms. The Morgan fingerprint density at radius 3 is 2.21 bits per heavy atom. The average Bonchev–Trinajstić information content (AvgIpc) is 2.67. The molecule has 1 atom stereocenters. The van der Waals surface area contributed by atoms with E-state index >= 15 is 0 Å². The Labute approximate surface area is 144 Å². The lowest BCUT2D eigenvalue weighted by Gasteiger charge is -2.34. The third kappa shape index (κ3) is 4.65. The molecule has 124 valence electrons. The van der Waals surface area contributed by atoms with Crippen molar-refractivity contribution in [3.05, 3.63) is 77.9 Å². The van der Waals surface area contributed by atoms with Gasteiger partial charge in [-0.3, -0.25) is 9.69 Å². The van der Waals surface area contributed by atoms with Crippen LogP contribution in [0.4, 0.5) is 0 Å². The van der Waals surface area contributed by atoms with Crippen LogP contribution in [0.5, 0.6) is 0 Å². The highest BCUT2D eigenvalue weighted by molar-refractivity contribution is 5.94. The number of nitrogens with zero attached hydrogens (tertiary/aromatic N) is 1. The van der Waals surface area contributed by atoms with Gasteiger partial charge in [-0.2, -0.15) is 0 Å². The summed E-state index contributed by atoms with van der Waals surface area (Å²) in [5.41, 5.74) is 2.32. The molecule has 1 aliphatic rings. The van der Waals surface area contributed by atoms with Crippen molar-refractivity contribution >= 4 is 11.9 Å². The van der Waals surface area contributed by atoms with Crippen molar-refractivity contribution < 1.29 is 4.79 Å². The van der Waals surface area contributed by atoms with Crippen molar-refractivity contribution in [1.82, 2.24) is 4.90 Å². The van der Waals surface area contributed by atoms with Crippen molar-refractivity contribution in [2.45, 2.75) is 31.7 Å². The van der Waals surface area contributed by atoms with E-state index in [1.807, 2.05) is 42.5 Å². The normalized spacial score (nSPS) is 17.0. The zero-order valence-electron chi connectivity index (χ0n) is 14.1. The molecule has 0 radical (unpaired) electrons. The van der Waals surface area contributed by atoms with E-state index in [1.165, 1.54) is 24.8 Å². The van der Waals surface area contributed by atoms with Crippen molar-refractivity contribution in [2.75, 3.05) is 13.1 Å². The lowest BCUT2D eigenvalue weighted by Crippen LogP contribution is -2.34. The van der Waals surface area contributed by atoms with Crippen LogP contribution in [0.1, 0.15) is 42.9 Å². The summed E-state index contributed by atoms with van der Waals surface area (Å²) in [5, 5.41) is 0. The molecule has 0 amide bonds. The molecule has 1 aliphatic heterocycles. The number of piperidine rings is 1. The monoisotopic (exact) mass is 319 g/mol. The van der Waals surface area contributed by atoms with Gasteiger partial charge in [0.1, 0.15) is 0 Å². The van der Waals surface area contributed by atoms with Crippen molar-refractivity contribution in [1.29, 1.82) is 0 Å². The molecular weight excluding hydrogens is 294 g/mol. The Morgan fingerprint density at radius 1 is 0.917 bits per heavy atom. The topological polar surface area (TPSA) is 20.3 Å². The second kappa shape index (κ2) is 8.60. The molecule has 2 aromatic carbocycles. The van der Waals surface area contributed by atoms with E-state index in [1.54, 1.807) is 6.08 Å². The van der Waals surface area contributed by atoms with E-state index in [0.29, 0.717) is 6.42 Å². The van der Waals surface area contributed by atoms with Crippen LogP contribution in [0, 0.1) is 0 Å². The molecule has 2 heteroatoms. The first kappa shape index (κ1) is 16.7. The molecule has 2 nitrogen and oxygen atoms in total. The molecule has 0 saturated carbocycles. The van der Waals surface area contributed by atoms with E-state index in [0.717, 1.165) is 18.7 Å². The van der Waals surface area contributed by atoms with Gasteiger partial charge in [0, 0.05) is 12.5 Å². The molecule has 0 aliphatic carbocycles. The SMILES string of the molecule is O=C(/C=C/c1ccccc1)CC(c1ccccc1)N1CCCCC1. The summed E-state index contributed by atoms with van der Waals surface area (Å²) >= 11 is 0.